The number of aryl methyl sites for hydroxylation is 1. The Kier molecular flexibility index (Phi) is 5.17. The minimum absolute atomic E-state index is 0.213. The lowest BCUT2D eigenvalue weighted by atomic mass is 10.3. The van der Waals surface area contributed by atoms with Gasteiger partial charge in [0.1, 0.15) is 23.9 Å². The third-order valence-corrected chi connectivity index (χ3v) is 3.66. The van der Waals surface area contributed by atoms with Crippen LogP contribution in [-0.2, 0) is 16.1 Å². The van der Waals surface area contributed by atoms with Crippen molar-refractivity contribution in [2.24, 2.45) is 0 Å². The molecule has 0 amide bonds. The van der Waals surface area contributed by atoms with E-state index in [9.17, 15) is 9.59 Å². The molecule has 1 aromatic heterocycles. The molecule has 7 heteroatoms. The average molecular weight is 353 g/mol. The van der Waals surface area contributed by atoms with Crippen molar-refractivity contribution < 1.29 is 14.3 Å². The van der Waals surface area contributed by atoms with Gasteiger partial charge < -0.3 is 9.47 Å². The summed E-state index contributed by atoms with van der Waals surface area (Å²) < 4.78 is 13.1. The van der Waals surface area contributed by atoms with E-state index in [-0.39, 0.29) is 13.2 Å². The number of carbonyl (C=O) groups is 1. The number of para-hydroxylation sites is 1. The van der Waals surface area contributed by atoms with E-state index in [1.54, 1.807) is 38.1 Å². The van der Waals surface area contributed by atoms with Gasteiger partial charge >= 0.3 is 11.7 Å². The van der Waals surface area contributed by atoms with Gasteiger partial charge in [0.2, 0.25) is 0 Å². The van der Waals surface area contributed by atoms with Crippen molar-refractivity contribution in [3.05, 3.63) is 70.9 Å². The molecule has 0 spiro atoms. The Morgan fingerprint density at radius 2 is 1.69 bits per heavy atom. The molecule has 1 heterocycles. The van der Waals surface area contributed by atoms with Crippen molar-refractivity contribution in [2.45, 2.75) is 20.4 Å². The fraction of sp³-hybridized carbons (Fsp3) is 0.211. The van der Waals surface area contributed by atoms with Crippen molar-refractivity contribution in [1.29, 1.82) is 0 Å². The first kappa shape index (κ1) is 17.5. The van der Waals surface area contributed by atoms with Crippen LogP contribution in [0.15, 0.2) is 59.4 Å². The maximum atomic E-state index is 12.5. The SMILES string of the molecule is CCOC(=O)Cn1nc(C)n(-c2ccc(Oc3ccccc3)cc2)c1=O. The standard InChI is InChI=1S/C19H19N3O4/c1-3-25-18(23)13-21-19(24)22(14(2)20-21)15-9-11-17(12-10-15)26-16-7-5-4-6-8-16/h4-12H,3,13H2,1-2H3. The van der Waals surface area contributed by atoms with Gasteiger partial charge in [-0.05, 0) is 50.2 Å². The molecule has 0 atom stereocenters. The van der Waals surface area contributed by atoms with Gasteiger partial charge in [0.05, 0.1) is 12.3 Å². The van der Waals surface area contributed by atoms with Crippen LogP contribution in [0.4, 0.5) is 0 Å². The first-order valence-corrected chi connectivity index (χ1v) is 8.24. The molecule has 0 aliphatic rings. The van der Waals surface area contributed by atoms with Crippen LogP contribution in [0.5, 0.6) is 11.5 Å². The summed E-state index contributed by atoms with van der Waals surface area (Å²) in [4.78, 5) is 24.1. The second-order valence-corrected chi connectivity index (χ2v) is 5.54. The molecule has 0 aliphatic heterocycles. The number of hydrogen-bond acceptors (Lipinski definition) is 5. The third kappa shape index (κ3) is 3.83. The smallest absolute Gasteiger partial charge is 0.351 e. The van der Waals surface area contributed by atoms with Gasteiger partial charge in [-0.3, -0.25) is 4.79 Å². The Morgan fingerprint density at radius 1 is 1.04 bits per heavy atom. The minimum atomic E-state index is -0.495. The normalized spacial score (nSPS) is 10.5. The van der Waals surface area contributed by atoms with Gasteiger partial charge in [0.15, 0.2) is 0 Å². The van der Waals surface area contributed by atoms with E-state index >= 15 is 0 Å². The summed E-state index contributed by atoms with van der Waals surface area (Å²) in [5.41, 5.74) is 0.246. The maximum Gasteiger partial charge on any atom is 0.351 e. The van der Waals surface area contributed by atoms with E-state index < -0.39 is 11.7 Å². The minimum Gasteiger partial charge on any atom is -0.465 e. The highest BCUT2D eigenvalue weighted by molar-refractivity contribution is 5.68. The van der Waals surface area contributed by atoms with Crippen LogP contribution in [0.1, 0.15) is 12.7 Å². The van der Waals surface area contributed by atoms with Crippen LogP contribution in [0, 0.1) is 6.92 Å². The fourth-order valence-electron chi connectivity index (χ4n) is 2.53. The van der Waals surface area contributed by atoms with E-state index in [2.05, 4.69) is 5.10 Å². The molecule has 0 saturated heterocycles. The number of nitrogens with zero attached hydrogens (tertiary/aromatic N) is 3. The number of aromatic nitrogens is 3. The molecular weight excluding hydrogens is 334 g/mol. The molecule has 0 saturated carbocycles. The number of benzene rings is 2. The zero-order valence-electron chi connectivity index (χ0n) is 14.6. The first-order valence-electron chi connectivity index (χ1n) is 8.24. The molecule has 7 nitrogen and oxygen atoms in total. The highest BCUT2D eigenvalue weighted by Crippen LogP contribution is 2.22. The van der Waals surface area contributed by atoms with Crippen LogP contribution >= 0.6 is 0 Å². The Bertz CT molecular complexity index is 943. The van der Waals surface area contributed by atoms with E-state index in [4.69, 9.17) is 9.47 Å². The summed E-state index contributed by atoms with van der Waals surface area (Å²) in [6.07, 6.45) is 0. The lowest BCUT2D eigenvalue weighted by Gasteiger charge is -2.07. The average Bonchev–Trinajstić information content (AvgIpc) is 2.90. The summed E-state index contributed by atoms with van der Waals surface area (Å²) in [7, 11) is 0. The summed E-state index contributed by atoms with van der Waals surface area (Å²) in [6.45, 7) is 3.47. The number of ether oxygens (including phenoxy) is 2. The summed E-state index contributed by atoms with van der Waals surface area (Å²) in [6, 6.07) is 16.5. The topological polar surface area (TPSA) is 75.3 Å². The second kappa shape index (κ2) is 7.69. The second-order valence-electron chi connectivity index (χ2n) is 5.54. The zero-order chi connectivity index (χ0) is 18.5. The molecule has 0 unspecified atom stereocenters. The molecule has 3 rings (SSSR count). The number of carbonyl (C=O) groups excluding carboxylic acids is 1. The van der Waals surface area contributed by atoms with Gasteiger partial charge in [-0.2, -0.15) is 5.10 Å². The molecule has 0 aliphatic carbocycles. The third-order valence-electron chi connectivity index (χ3n) is 3.66. The largest absolute Gasteiger partial charge is 0.465 e. The van der Waals surface area contributed by atoms with Crippen LogP contribution in [0.3, 0.4) is 0 Å². The monoisotopic (exact) mass is 353 g/mol. The van der Waals surface area contributed by atoms with Crippen molar-refractivity contribution in [3.63, 3.8) is 0 Å². The van der Waals surface area contributed by atoms with Crippen LogP contribution in [0.2, 0.25) is 0 Å². The summed E-state index contributed by atoms with van der Waals surface area (Å²) >= 11 is 0. The van der Waals surface area contributed by atoms with Gasteiger partial charge in [-0.25, -0.2) is 14.0 Å². The number of esters is 1. The molecule has 0 fully saturated rings. The van der Waals surface area contributed by atoms with E-state index in [1.165, 1.54) is 4.57 Å². The zero-order valence-corrected chi connectivity index (χ0v) is 14.6. The Morgan fingerprint density at radius 3 is 2.35 bits per heavy atom. The highest BCUT2D eigenvalue weighted by atomic mass is 16.5. The number of hydrogen-bond donors (Lipinski definition) is 0. The molecular formula is C19H19N3O4. The van der Waals surface area contributed by atoms with Crippen molar-refractivity contribution in [2.75, 3.05) is 6.61 Å². The van der Waals surface area contributed by atoms with Gasteiger partial charge in [0.25, 0.3) is 0 Å². The Labute approximate surface area is 150 Å². The molecule has 134 valence electrons. The number of rotatable bonds is 6. The van der Waals surface area contributed by atoms with Gasteiger partial charge in [0, 0.05) is 0 Å². The van der Waals surface area contributed by atoms with E-state index in [0.717, 1.165) is 10.4 Å². The predicted octanol–water partition coefficient (Wildman–Crippen LogP) is 2.70. The van der Waals surface area contributed by atoms with Crippen LogP contribution in [0.25, 0.3) is 5.69 Å². The molecule has 26 heavy (non-hydrogen) atoms. The van der Waals surface area contributed by atoms with Gasteiger partial charge in [-0.1, -0.05) is 18.2 Å². The quantitative estimate of drug-likeness (QED) is 0.637. The molecule has 3 aromatic rings. The summed E-state index contributed by atoms with van der Waals surface area (Å²) in [5.74, 6) is 1.38. The fourth-order valence-corrected chi connectivity index (χ4v) is 2.53. The predicted molar refractivity (Wildman–Crippen MR) is 95.7 cm³/mol. The molecule has 0 N–H and O–H groups in total. The first-order chi connectivity index (χ1) is 12.6. The molecule has 0 radical (unpaired) electrons. The van der Waals surface area contributed by atoms with Gasteiger partial charge in [-0.15, -0.1) is 0 Å². The lowest BCUT2D eigenvalue weighted by molar-refractivity contribution is -0.144. The van der Waals surface area contributed by atoms with Crippen molar-refractivity contribution >= 4 is 5.97 Å². The maximum absolute atomic E-state index is 12.5. The lowest BCUT2D eigenvalue weighted by Crippen LogP contribution is -2.28. The summed E-state index contributed by atoms with van der Waals surface area (Å²) in [5, 5.41) is 4.13. The van der Waals surface area contributed by atoms with Crippen LogP contribution < -0.4 is 10.4 Å². The highest BCUT2D eigenvalue weighted by Gasteiger charge is 2.15. The molecule has 2 aromatic carbocycles. The molecule has 0 bridgehead atoms. The van der Waals surface area contributed by atoms with Crippen molar-refractivity contribution in [1.82, 2.24) is 14.3 Å². The van der Waals surface area contributed by atoms with E-state index in [0.29, 0.717) is 17.3 Å². The van der Waals surface area contributed by atoms with Crippen molar-refractivity contribution in [3.8, 4) is 17.2 Å². The Balaban J connectivity index is 1.82. The van der Waals surface area contributed by atoms with E-state index in [1.807, 2.05) is 30.3 Å². The van der Waals surface area contributed by atoms with Crippen LogP contribution in [-0.4, -0.2) is 26.9 Å². The Hall–Kier alpha value is -3.35.